The molecule has 1 heterocycles. The largest absolute Gasteiger partial charge is 0.482 e. The molecule has 0 aliphatic carbocycles. The highest BCUT2D eigenvalue weighted by molar-refractivity contribution is 7.98. The van der Waals surface area contributed by atoms with Gasteiger partial charge in [-0.1, -0.05) is 18.2 Å². The summed E-state index contributed by atoms with van der Waals surface area (Å²) in [6, 6.07) is 15.1. The van der Waals surface area contributed by atoms with E-state index in [1.54, 1.807) is 17.8 Å². The van der Waals surface area contributed by atoms with Crippen molar-refractivity contribution in [2.24, 2.45) is 0 Å². The minimum atomic E-state index is -0.673. The maximum absolute atomic E-state index is 12.5. The summed E-state index contributed by atoms with van der Waals surface area (Å²) in [5.74, 6) is 1.06. The Morgan fingerprint density at radius 2 is 1.82 bits per heavy atom. The number of nitrogens with one attached hydrogen (secondary N) is 1. The molecule has 0 unspecified atom stereocenters. The van der Waals surface area contributed by atoms with Gasteiger partial charge in [-0.15, -0.1) is 11.8 Å². The van der Waals surface area contributed by atoms with Crippen LogP contribution in [-0.2, 0) is 4.79 Å². The summed E-state index contributed by atoms with van der Waals surface area (Å²) in [6.07, 6.45) is 0.976. The van der Waals surface area contributed by atoms with Crippen molar-refractivity contribution in [3.05, 3.63) is 48.5 Å². The first-order valence-corrected chi connectivity index (χ1v) is 8.27. The first-order chi connectivity index (χ1) is 10.7. The highest BCUT2D eigenvalue weighted by Crippen LogP contribution is 2.33. The predicted octanol–water partition coefficient (Wildman–Crippen LogP) is 3.58. The van der Waals surface area contributed by atoms with E-state index in [1.807, 2.05) is 55.6 Å². The van der Waals surface area contributed by atoms with E-state index in [9.17, 15) is 4.79 Å². The Morgan fingerprint density at radius 1 is 1.09 bits per heavy atom. The molecule has 0 spiro atoms. The predicted molar refractivity (Wildman–Crippen MR) is 87.8 cm³/mol. The monoisotopic (exact) mass is 315 g/mol. The number of ether oxygens (including phenoxy) is 2. The van der Waals surface area contributed by atoms with Crippen molar-refractivity contribution in [1.82, 2.24) is 0 Å². The number of thioether (sulfide) groups is 1. The lowest BCUT2D eigenvalue weighted by atomic mass is 10.1. The van der Waals surface area contributed by atoms with Gasteiger partial charge in [-0.2, -0.15) is 0 Å². The van der Waals surface area contributed by atoms with Crippen LogP contribution >= 0.6 is 11.8 Å². The van der Waals surface area contributed by atoms with Crippen LogP contribution in [0, 0.1) is 0 Å². The lowest BCUT2D eigenvalue weighted by Crippen LogP contribution is -2.46. The molecule has 0 radical (unpaired) electrons. The van der Waals surface area contributed by atoms with Crippen molar-refractivity contribution in [1.29, 1.82) is 0 Å². The minimum absolute atomic E-state index is 0.208. The van der Waals surface area contributed by atoms with E-state index in [1.165, 1.54) is 0 Å². The summed E-state index contributed by atoms with van der Waals surface area (Å²) in [7, 11) is 0. The van der Waals surface area contributed by atoms with E-state index in [2.05, 4.69) is 5.32 Å². The van der Waals surface area contributed by atoms with Gasteiger partial charge in [-0.3, -0.25) is 4.79 Å². The average molecular weight is 315 g/mol. The summed E-state index contributed by atoms with van der Waals surface area (Å²) in [4.78, 5) is 13.6. The van der Waals surface area contributed by atoms with Crippen molar-refractivity contribution in [2.45, 2.75) is 24.0 Å². The van der Waals surface area contributed by atoms with Crippen LogP contribution in [0.3, 0.4) is 0 Å². The van der Waals surface area contributed by atoms with Gasteiger partial charge in [0.1, 0.15) is 6.10 Å². The van der Waals surface area contributed by atoms with Gasteiger partial charge in [-0.25, -0.2) is 0 Å². The zero-order valence-corrected chi connectivity index (χ0v) is 13.2. The summed E-state index contributed by atoms with van der Waals surface area (Å²) in [5.41, 5.74) is 0.756. The molecular weight excluding hydrogens is 298 g/mol. The Hall–Kier alpha value is -2.14. The highest BCUT2D eigenvalue weighted by Gasteiger charge is 2.34. The van der Waals surface area contributed by atoms with E-state index >= 15 is 0 Å². The van der Waals surface area contributed by atoms with Gasteiger partial charge in [0.15, 0.2) is 11.5 Å². The molecule has 0 bridgehead atoms. The Morgan fingerprint density at radius 3 is 2.55 bits per heavy atom. The van der Waals surface area contributed by atoms with Crippen molar-refractivity contribution >= 4 is 23.4 Å². The lowest BCUT2D eigenvalue weighted by molar-refractivity contribution is -0.128. The third-order valence-corrected chi connectivity index (χ3v) is 4.16. The van der Waals surface area contributed by atoms with Gasteiger partial charge < -0.3 is 14.8 Å². The molecule has 1 N–H and O–H groups in total. The molecule has 1 amide bonds. The summed E-state index contributed by atoms with van der Waals surface area (Å²) in [6.45, 7) is 1.83. The normalized spacial score (nSPS) is 19.5. The van der Waals surface area contributed by atoms with Crippen molar-refractivity contribution in [2.75, 3.05) is 11.6 Å². The van der Waals surface area contributed by atoms with Gasteiger partial charge in [0, 0.05) is 10.6 Å². The molecule has 0 fully saturated rings. The number of rotatable bonds is 3. The molecule has 0 aromatic heterocycles. The number of amides is 1. The number of anilines is 1. The third-order valence-electron chi connectivity index (χ3n) is 3.44. The van der Waals surface area contributed by atoms with Crippen LogP contribution in [0.25, 0.3) is 0 Å². The second-order valence-corrected chi connectivity index (χ2v) is 5.91. The van der Waals surface area contributed by atoms with Crippen LogP contribution in [-0.4, -0.2) is 24.4 Å². The molecule has 0 saturated carbocycles. The lowest BCUT2D eigenvalue weighted by Gasteiger charge is -2.31. The van der Waals surface area contributed by atoms with Crippen molar-refractivity contribution in [3.8, 4) is 11.5 Å². The van der Waals surface area contributed by atoms with Gasteiger partial charge in [0.05, 0.1) is 0 Å². The maximum Gasteiger partial charge on any atom is 0.269 e. The molecule has 2 aromatic rings. The Kier molecular flexibility index (Phi) is 4.24. The zero-order chi connectivity index (χ0) is 15.5. The average Bonchev–Trinajstić information content (AvgIpc) is 2.54. The fraction of sp³-hybridized carbons (Fsp3) is 0.235. The molecule has 1 aliphatic heterocycles. The SMILES string of the molecule is CSc1cccc(NC(=O)[C@@H]2Oc3ccccc3O[C@H]2C)c1. The van der Waals surface area contributed by atoms with Crippen LogP contribution in [0.1, 0.15) is 6.92 Å². The van der Waals surface area contributed by atoms with Crippen LogP contribution in [0.15, 0.2) is 53.4 Å². The Labute approximate surface area is 133 Å². The Balaban J connectivity index is 1.75. The van der Waals surface area contributed by atoms with Crippen molar-refractivity contribution in [3.63, 3.8) is 0 Å². The zero-order valence-electron chi connectivity index (χ0n) is 12.4. The minimum Gasteiger partial charge on any atom is -0.482 e. The topological polar surface area (TPSA) is 47.6 Å². The summed E-state index contributed by atoms with van der Waals surface area (Å²) in [5, 5.41) is 2.89. The maximum atomic E-state index is 12.5. The molecule has 114 valence electrons. The van der Waals surface area contributed by atoms with E-state index in [0.29, 0.717) is 11.5 Å². The molecule has 4 nitrogen and oxygen atoms in total. The molecule has 5 heteroatoms. The van der Waals surface area contributed by atoms with Crippen LogP contribution in [0.2, 0.25) is 0 Å². The Bertz CT molecular complexity index is 689. The van der Waals surface area contributed by atoms with E-state index in [0.717, 1.165) is 10.6 Å². The number of carbonyl (C=O) groups excluding carboxylic acids is 1. The number of hydrogen-bond acceptors (Lipinski definition) is 4. The molecular formula is C17H17NO3S. The quantitative estimate of drug-likeness (QED) is 0.880. The van der Waals surface area contributed by atoms with Gasteiger partial charge in [0.2, 0.25) is 6.10 Å². The van der Waals surface area contributed by atoms with Crippen LogP contribution < -0.4 is 14.8 Å². The summed E-state index contributed by atoms with van der Waals surface area (Å²) >= 11 is 1.63. The summed E-state index contributed by atoms with van der Waals surface area (Å²) < 4.78 is 11.6. The second-order valence-electron chi connectivity index (χ2n) is 5.03. The fourth-order valence-electron chi connectivity index (χ4n) is 2.32. The van der Waals surface area contributed by atoms with Gasteiger partial charge >= 0.3 is 0 Å². The number of carbonyl (C=O) groups is 1. The van der Waals surface area contributed by atoms with E-state index < -0.39 is 6.10 Å². The first-order valence-electron chi connectivity index (χ1n) is 7.04. The van der Waals surface area contributed by atoms with E-state index in [-0.39, 0.29) is 12.0 Å². The number of benzene rings is 2. The smallest absolute Gasteiger partial charge is 0.269 e. The van der Waals surface area contributed by atoms with Gasteiger partial charge in [0.25, 0.3) is 5.91 Å². The molecule has 0 saturated heterocycles. The van der Waals surface area contributed by atoms with Crippen molar-refractivity contribution < 1.29 is 14.3 Å². The first kappa shape index (κ1) is 14.8. The fourth-order valence-corrected chi connectivity index (χ4v) is 2.78. The molecule has 2 aromatic carbocycles. The highest BCUT2D eigenvalue weighted by atomic mass is 32.2. The van der Waals surface area contributed by atoms with E-state index in [4.69, 9.17) is 9.47 Å². The van der Waals surface area contributed by atoms with Crippen LogP contribution in [0.4, 0.5) is 5.69 Å². The van der Waals surface area contributed by atoms with Gasteiger partial charge in [-0.05, 0) is 43.5 Å². The number of hydrogen-bond donors (Lipinski definition) is 1. The number of fused-ring (bicyclic) bond motifs is 1. The molecule has 2 atom stereocenters. The molecule has 22 heavy (non-hydrogen) atoms. The number of para-hydroxylation sites is 2. The van der Waals surface area contributed by atoms with Crippen LogP contribution in [0.5, 0.6) is 11.5 Å². The molecule has 1 aliphatic rings. The third kappa shape index (κ3) is 3.04. The standard InChI is InChI=1S/C17H17NO3S/c1-11-16(21-15-9-4-3-8-14(15)20-11)17(19)18-12-6-5-7-13(10-12)22-2/h3-11,16H,1-2H3,(H,18,19)/t11-,16+/m0/s1. The second kappa shape index (κ2) is 6.32. The molecule has 3 rings (SSSR count).